The van der Waals surface area contributed by atoms with Crippen molar-refractivity contribution in [2.45, 2.75) is 38.2 Å². The van der Waals surface area contributed by atoms with Gasteiger partial charge in [0.25, 0.3) is 5.91 Å². The second-order valence-corrected chi connectivity index (χ2v) is 8.88. The first kappa shape index (κ1) is 23.1. The third-order valence-corrected chi connectivity index (χ3v) is 5.85. The molecule has 1 aromatic heterocycles. The SMILES string of the molecule is CC(c1ccc(Cl)cc1)C(CNC(=O)C(C)(C)Oc1ccncc1)c1ccc(Cl)cc1. The highest BCUT2D eigenvalue weighted by molar-refractivity contribution is 6.30. The molecular formula is C25H26Cl2N2O2. The van der Waals surface area contributed by atoms with Crippen molar-refractivity contribution in [2.24, 2.45) is 0 Å². The third-order valence-electron chi connectivity index (χ3n) is 5.35. The van der Waals surface area contributed by atoms with Crippen molar-refractivity contribution in [1.82, 2.24) is 10.3 Å². The Hall–Kier alpha value is -2.56. The summed E-state index contributed by atoms with van der Waals surface area (Å²) in [4.78, 5) is 16.9. The van der Waals surface area contributed by atoms with Crippen molar-refractivity contribution in [3.8, 4) is 5.75 Å². The Labute approximate surface area is 193 Å². The molecule has 0 bridgehead atoms. The van der Waals surface area contributed by atoms with E-state index in [1.807, 2.05) is 48.5 Å². The summed E-state index contributed by atoms with van der Waals surface area (Å²) in [5.41, 5.74) is 1.21. The van der Waals surface area contributed by atoms with Crippen LogP contribution in [0.1, 0.15) is 43.7 Å². The molecule has 1 amide bonds. The van der Waals surface area contributed by atoms with E-state index in [0.717, 1.165) is 11.1 Å². The summed E-state index contributed by atoms with van der Waals surface area (Å²) in [6, 6.07) is 19.0. The van der Waals surface area contributed by atoms with E-state index in [2.05, 4.69) is 17.2 Å². The Morgan fingerprint density at radius 3 is 2.00 bits per heavy atom. The number of hydrogen-bond donors (Lipinski definition) is 1. The van der Waals surface area contributed by atoms with E-state index in [0.29, 0.717) is 22.3 Å². The maximum atomic E-state index is 13.0. The van der Waals surface area contributed by atoms with Gasteiger partial charge in [0.2, 0.25) is 0 Å². The molecule has 0 saturated carbocycles. The van der Waals surface area contributed by atoms with E-state index in [4.69, 9.17) is 27.9 Å². The van der Waals surface area contributed by atoms with Gasteiger partial charge in [-0.2, -0.15) is 0 Å². The largest absolute Gasteiger partial charge is 0.478 e. The van der Waals surface area contributed by atoms with E-state index in [9.17, 15) is 4.79 Å². The summed E-state index contributed by atoms with van der Waals surface area (Å²) < 4.78 is 5.89. The molecule has 2 unspecified atom stereocenters. The fourth-order valence-corrected chi connectivity index (χ4v) is 3.71. The van der Waals surface area contributed by atoms with Gasteiger partial charge in [0.1, 0.15) is 5.75 Å². The van der Waals surface area contributed by atoms with Gasteiger partial charge in [-0.15, -0.1) is 0 Å². The number of benzene rings is 2. The Bertz CT molecular complexity index is 990. The van der Waals surface area contributed by atoms with E-state index in [-0.39, 0.29) is 17.7 Å². The molecule has 0 saturated heterocycles. The Morgan fingerprint density at radius 2 is 1.45 bits per heavy atom. The molecule has 6 heteroatoms. The number of carbonyl (C=O) groups excluding carboxylic acids is 1. The number of amides is 1. The van der Waals surface area contributed by atoms with Crippen LogP contribution in [0.3, 0.4) is 0 Å². The zero-order valence-electron chi connectivity index (χ0n) is 17.8. The maximum Gasteiger partial charge on any atom is 0.263 e. The van der Waals surface area contributed by atoms with Gasteiger partial charge >= 0.3 is 0 Å². The third kappa shape index (κ3) is 6.22. The number of pyridine rings is 1. The highest BCUT2D eigenvalue weighted by Crippen LogP contribution is 2.33. The van der Waals surface area contributed by atoms with Crippen LogP contribution in [0.5, 0.6) is 5.75 Å². The minimum absolute atomic E-state index is 0.0408. The van der Waals surface area contributed by atoms with Gasteiger partial charge in [0.05, 0.1) is 0 Å². The summed E-state index contributed by atoms with van der Waals surface area (Å²) in [6.07, 6.45) is 3.27. The molecule has 0 fully saturated rings. The lowest BCUT2D eigenvalue weighted by atomic mass is 9.82. The molecule has 1 N–H and O–H groups in total. The first-order chi connectivity index (χ1) is 14.8. The van der Waals surface area contributed by atoms with Gasteiger partial charge in [-0.1, -0.05) is 54.4 Å². The standard InChI is InChI=1S/C25H26Cl2N2O2/c1-17(18-4-8-20(26)9-5-18)23(19-6-10-21(27)11-7-19)16-29-24(30)25(2,3)31-22-12-14-28-15-13-22/h4-15,17,23H,16H2,1-3H3,(H,29,30). The maximum absolute atomic E-state index is 13.0. The summed E-state index contributed by atoms with van der Waals surface area (Å²) in [5, 5.41) is 4.45. The second-order valence-electron chi connectivity index (χ2n) is 8.00. The molecule has 31 heavy (non-hydrogen) atoms. The molecule has 2 aromatic carbocycles. The van der Waals surface area contributed by atoms with Crippen LogP contribution in [0.15, 0.2) is 73.1 Å². The van der Waals surface area contributed by atoms with Crippen LogP contribution in [-0.2, 0) is 4.79 Å². The Kier molecular flexibility index (Phi) is 7.58. The number of aromatic nitrogens is 1. The van der Waals surface area contributed by atoms with Crippen molar-refractivity contribution in [1.29, 1.82) is 0 Å². The van der Waals surface area contributed by atoms with Gasteiger partial charge in [-0.25, -0.2) is 0 Å². The van der Waals surface area contributed by atoms with Crippen LogP contribution >= 0.6 is 23.2 Å². The lowest BCUT2D eigenvalue weighted by Crippen LogP contribution is -2.47. The molecular weight excluding hydrogens is 431 g/mol. The molecule has 0 aliphatic heterocycles. The van der Waals surface area contributed by atoms with Crippen molar-refractivity contribution in [3.63, 3.8) is 0 Å². The van der Waals surface area contributed by atoms with Gasteiger partial charge in [0.15, 0.2) is 5.60 Å². The van der Waals surface area contributed by atoms with Crippen LogP contribution in [0, 0.1) is 0 Å². The molecule has 0 aliphatic rings. The van der Waals surface area contributed by atoms with E-state index in [1.165, 1.54) is 0 Å². The highest BCUT2D eigenvalue weighted by atomic mass is 35.5. The van der Waals surface area contributed by atoms with Crippen LogP contribution < -0.4 is 10.1 Å². The minimum Gasteiger partial charge on any atom is -0.478 e. The monoisotopic (exact) mass is 456 g/mol. The quantitative estimate of drug-likeness (QED) is 0.435. The van der Waals surface area contributed by atoms with E-state index >= 15 is 0 Å². The fourth-order valence-electron chi connectivity index (χ4n) is 3.45. The normalized spacial score (nSPS) is 13.3. The van der Waals surface area contributed by atoms with Crippen LogP contribution in [0.25, 0.3) is 0 Å². The summed E-state index contributed by atoms with van der Waals surface area (Å²) >= 11 is 12.1. The van der Waals surface area contributed by atoms with Crippen LogP contribution in [-0.4, -0.2) is 23.0 Å². The number of nitrogens with one attached hydrogen (secondary N) is 1. The van der Waals surface area contributed by atoms with E-state index < -0.39 is 5.60 Å². The molecule has 2 atom stereocenters. The van der Waals surface area contributed by atoms with Crippen LogP contribution in [0.4, 0.5) is 0 Å². The van der Waals surface area contributed by atoms with Crippen molar-refractivity contribution in [3.05, 3.63) is 94.2 Å². The van der Waals surface area contributed by atoms with Gasteiger partial charge in [-0.3, -0.25) is 9.78 Å². The Balaban J connectivity index is 1.77. The zero-order valence-corrected chi connectivity index (χ0v) is 19.3. The van der Waals surface area contributed by atoms with Gasteiger partial charge in [0, 0.05) is 34.9 Å². The fraction of sp³-hybridized carbons (Fsp3) is 0.280. The first-order valence-corrected chi connectivity index (χ1v) is 10.9. The van der Waals surface area contributed by atoms with Gasteiger partial charge in [-0.05, 0) is 67.3 Å². The molecule has 162 valence electrons. The number of nitrogens with zero attached hydrogens (tertiary/aromatic N) is 1. The number of ether oxygens (including phenoxy) is 1. The number of hydrogen-bond acceptors (Lipinski definition) is 3. The van der Waals surface area contributed by atoms with Gasteiger partial charge < -0.3 is 10.1 Å². The molecule has 4 nitrogen and oxygen atoms in total. The van der Waals surface area contributed by atoms with Crippen molar-refractivity contribution < 1.29 is 9.53 Å². The first-order valence-electron chi connectivity index (χ1n) is 10.1. The zero-order chi connectivity index (χ0) is 22.4. The minimum atomic E-state index is -1.03. The molecule has 0 aliphatic carbocycles. The Morgan fingerprint density at radius 1 is 0.935 bits per heavy atom. The lowest BCUT2D eigenvalue weighted by Gasteiger charge is -2.29. The number of halogens is 2. The summed E-state index contributed by atoms with van der Waals surface area (Å²) in [7, 11) is 0. The van der Waals surface area contributed by atoms with Crippen molar-refractivity contribution in [2.75, 3.05) is 6.54 Å². The number of carbonyl (C=O) groups is 1. The molecule has 0 spiro atoms. The highest BCUT2D eigenvalue weighted by Gasteiger charge is 2.31. The smallest absolute Gasteiger partial charge is 0.263 e. The average molecular weight is 457 g/mol. The average Bonchev–Trinajstić information content (AvgIpc) is 2.75. The second kappa shape index (κ2) is 10.2. The summed E-state index contributed by atoms with van der Waals surface area (Å²) in [5.74, 6) is 0.590. The predicted molar refractivity (Wildman–Crippen MR) is 126 cm³/mol. The van der Waals surface area contributed by atoms with Crippen LogP contribution in [0.2, 0.25) is 10.0 Å². The molecule has 0 radical (unpaired) electrons. The topological polar surface area (TPSA) is 51.2 Å². The molecule has 3 rings (SSSR count). The summed E-state index contributed by atoms with van der Waals surface area (Å²) in [6.45, 7) is 6.10. The molecule has 1 heterocycles. The predicted octanol–water partition coefficient (Wildman–Crippen LogP) is 6.25. The molecule has 3 aromatic rings. The van der Waals surface area contributed by atoms with E-state index in [1.54, 1.807) is 38.4 Å². The lowest BCUT2D eigenvalue weighted by molar-refractivity contribution is -0.134. The number of rotatable bonds is 8. The van der Waals surface area contributed by atoms with Crippen molar-refractivity contribution >= 4 is 29.1 Å².